The van der Waals surface area contributed by atoms with Gasteiger partial charge in [-0.15, -0.1) is 0 Å². The first-order valence-corrected chi connectivity index (χ1v) is 8.37. The predicted octanol–water partition coefficient (Wildman–Crippen LogP) is 4.10. The van der Waals surface area contributed by atoms with E-state index in [-0.39, 0.29) is 0 Å². The van der Waals surface area contributed by atoms with E-state index in [9.17, 15) is 0 Å². The van der Waals surface area contributed by atoms with Crippen molar-refractivity contribution in [1.82, 2.24) is 15.3 Å². The summed E-state index contributed by atoms with van der Waals surface area (Å²) in [4.78, 5) is 9.54. The molecule has 3 heterocycles. The van der Waals surface area contributed by atoms with Gasteiger partial charge in [-0.05, 0) is 53.1 Å². The zero-order valence-electron chi connectivity index (χ0n) is 13.3. The molecule has 3 nitrogen and oxygen atoms in total. The molecule has 0 spiro atoms. The van der Waals surface area contributed by atoms with Gasteiger partial charge < -0.3 is 5.32 Å². The zero-order chi connectivity index (χ0) is 15.9. The van der Waals surface area contributed by atoms with Crippen molar-refractivity contribution in [3.8, 4) is 11.4 Å². The molecular weight excluding hydrogens is 294 g/mol. The van der Waals surface area contributed by atoms with Crippen LogP contribution in [0, 0.1) is 0 Å². The molecule has 24 heavy (non-hydrogen) atoms. The van der Waals surface area contributed by atoms with Crippen molar-refractivity contribution in [2.24, 2.45) is 0 Å². The van der Waals surface area contributed by atoms with E-state index >= 15 is 0 Å². The van der Waals surface area contributed by atoms with Gasteiger partial charge in [0.15, 0.2) is 0 Å². The Kier molecular flexibility index (Phi) is 3.06. The van der Waals surface area contributed by atoms with Crippen LogP contribution in [0.2, 0.25) is 0 Å². The van der Waals surface area contributed by atoms with Gasteiger partial charge >= 0.3 is 0 Å². The van der Waals surface area contributed by atoms with Gasteiger partial charge in [-0.3, -0.25) is 4.98 Å². The molecule has 0 atom stereocenters. The minimum absolute atomic E-state index is 0.855. The quantitative estimate of drug-likeness (QED) is 0.538. The lowest BCUT2D eigenvalue weighted by molar-refractivity contribution is 0.646. The lowest BCUT2D eigenvalue weighted by Crippen LogP contribution is -2.25. The summed E-state index contributed by atoms with van der Waals surface area (Å²) in [6, 6.07) is 18.9. The first-order valence-electron chi connectivity index (χ1n) is 8.37. The molecule has 4 aromatic rings. The molecule has 116 valence electrons. The molecular formula is C21H17N3. The van der Waals surface area contributed by atoms with Gasteiger partial charge in [-0.2, -0.15) is 0 Å². The van der Waals surface area contributed by atoms with Crippen LogP contribution in [0.1, 0.15) is 11.1 Å². The molecule has 1 aliphatic rings. The first-order chi connectivity index (χ1) is 11.9. The molecule has 2 aromatic heterocycles. The summed E-state index contributed by atoms with van der Waals surface area (Å²) in [6.07, 6.45) is 2.87. The number of hydrogen-bond acceptors (Lipinski definition) is 3. The van der Waals surface area contributed by atoms with E-state index < -0.39 is 0 Å². The molecule has 2 aromatic carbocycles. The number of pyridine rings is 2. The number of hydrogen-bond donors (Lipinski definition) is 1. The molecule has 0 fully saturated rings. The summed E-state index contributed by atoms with van der Waals surface area (Å²) in [5.74, 6) is 0. The maximum Gasteiger partial charge on any atom is 0.0941 e. The smallest absolute Gasteiger partial charge is 0.0941 e. The fourth-order valence-electron chi connectivity index (χ4n) is 3.76. The normalized spacial score (nSPS) is 14.0. The number of rotatable bonds is 1. The number of nitrogens with zero attached hydrogens (tertiary/aromatic N) is 2. The molecule has 0 amide bonds. The number of aromatic nitrogens is 2. The minimum Gasteiger partial charge on any atom is -0.312 e. The van der Waals surface area contributed by atoms with Crippen LogP contribution in [-0.2, 0) is 13.0 Å². The van der Waals surface area contributed by atoms with Crippen LogP contribution in [0.15, 0.2) is 60.8 Å². The second-order valence-corrected chi connectivity index (χ2v) is 6.24. The van der Waals surface area contributed by atoms with Gasteiger partial charge in [0.25, 0.3) is 0 Å². The topological polar surface area (TPSA) is 37.8 Å². The highest BCUT2D eigenvalue weighted by Gasteiger charge is 2.20. The number of nitrogens with one attached hydrogen (secondary N) is 1. The largest absolute Gasteiger partial charge is 0.312 e. The van der Waals surface area contributed by atoms with Crippen LogP contribution >= 0.6 is 0 Å². The second kappa shape index (κ2) is 5.39. The Labute approximate surface area is 140 Å². The van der Waals surface area contributed by atoms with E-state index in [2.05, 4.69) is 46.7 Å². The Bertz CT molecular complexity index is 1050. The van der Waals surface area contributed by atoms with Crippen LogP contribution in [0.3, 0.4) is 0 Å². The monoisotopic (exact) mass is 311 g/mol. The molecule has 5 rings (SSSR count). The molecule has 1 aliphatic heterocycles. The van der Waals surface area contributed by atoms with Crippen LogP contribution in [0.5, 0.6) is 0 Å². The predicted molar refractivity (Wildman–Crippen MR) is 97.9 cm³/mol. The SMILES string of the molecule is c1ccc(-c2nc3ccc4ccccc4c3c3c2CNCC3)nc1. The Hall–Kier alpha value is -2.78. The van der Waals surface area contributed by atoms with Gasteiger partial charge in [0, 0.05) is 18.1 Å². The highest BCUT2D eigenvalue weighted by Crippen LogP contribution is 2.35. The van der Waals surface area contributed by atoms with Gasteiger partial charge in [0.05, 0.1) is 16.9 Å². The van der Waals surface area contributed by atoms with E-state index in [1.54, 1.807) is 0 Å². The van der Waals surface area contributed by atoms with Gasteiger partial charge in [-0.1, -0.05) is 36.4 Å². The van der Waals surface area contributed by atoms with E-state index in [0.717, 1.165) is 36.4 Å². The first kappa shape index (κ1) is 13.6. The molecule has 0 saturated carbocycles. The van der Waals surface area contributed by atoms with Crippen LogP contribution < -0.4 is 5.32 Å². The van der Waals surface area contributed by atoms with Crippen LogP contribution in [0.4, 0.5) is 0 Å². The van der Waals surface area contributed by atoms with E-state index in [0.29, 0.717) is 0 Å². The van der Waals surface area contributed by atoms with Crippen LogP contribution in [0.25, 0.3) is 33.1 Å². The Balaban J connectivity index is 1.92. The highest BCUT2D eigenvalue weighted by atomic mass is 14.9. The van der Waals surface area contributed by atoms with Gasteiger partial charge in [-0.25, -0.2) is 4.98 Å². The number of benzene rings is 2. The Morgan fingerprint density at radius 2 is 1.79 bits per heavy atom. The van der Waals surface area contributed by atoms with E-state index in [4.69, 9.17) is 4.98 Å². The summed E-state index contributed by atoms with van der Waals surface area (Å²) in [5, 5.41) is 7.38. The summed E-state index contributed by atoms with van der Waals surface area (Å²) in [7, 11) is 0. The fourth-order valence-corrected chi connectivity index (χ4v) is 3.76. The summed E-state index contributed by atoms with van der Waals surface area (Å²) in [6.45, 7) is 1.87. The standard InChI is InChI=1S/C21H17N3/c1-2-6-15-14(5-1)8-9-18-20(15)16-10-12-22-13-17(16)21(24-18)19-7-3-4-11-23-19/h1-9,11,22H,10,12-13H2. The van der Waals surface area contributed by atoms with Gasteiger partial charge in [0.2, 0.25) is 0 Å². The lowest BCUT2D eigenvalue weighted by atomic mass is 9.91. The lowest BCUT2D eigenvalue weighted by Gasteiger charge is -2.22. The third kappa shape index (κ3) is 2.02. The van der Waals surface area contributed by atoms with Gasteiger partial charge in [0.1, 0.15) is 0 Å². The van der Waals surface area contributed by atoms with Crippen molar-refractivity contribution in [1.29, 1.82) is 0 Å². The van der Waals surface area contributed by atoms with Crippen molar-refractivity contribution in [2.45, 2.75) is 13.0 Å². The van der Waals surface area contributed by atoms with Crippen molar-refractivity contribution in [2.75, 3.05) is 6.54 Å². The summed E-state index contributed by atoms with van der Waals surface area (Å²) in [5.41, 5.74) is 5.75. The summed E-state index contributed by atoms with van der Waals surface area (Å²) < 4.78 is 0. The minimum atomic E-state index is 0.855. The zero-order valence-corrected chi connectivity index (χ0v) is 13.3. The molecule has 3 heteroatoms. The Morgan fingerprint density at radius 3 is 2.71 bits per heavy atom. The average Bonchev–Trinajstić information content (AvgIpc) is 2.67. The molecule has 0 aliphatic carbocycles. The third-order valence-corrected chi connectivity index (χ3v) is 4.85. The van der Waals surface area contributed by atoms with Crippen molar-refractivity contribution < 1.29 is 0 Å². The molecule has 0 bridgehead atoms. The molecule has 0 radical (unpaired) electrons. The third-order valence-electron chi connectivity index (χ3n) is 4.85. The van der Waals surface area contributed by atoms with Crippen molar-refractivity contribution in [3.05, 3.63) is 71.9 Å². The Morgan fingerprint density at radius 1 is 0.875 bits per heavy atom. The highest BCUT2D eigenvalue weighted by molar-refractivity contribution is 6.09. The number of fused-ring (bicyclic) bond motifs is 5. The van der Waals surface area contributed by atoms with E-state index in [1.807, 2.05) is 24.4 Å². The molecule has 1 N–H and O–H groups in total. The molecule has 0 saturated heterocycles. The average molecular weight is 311 g/mol. The summed E-state index contributed by atoms with van der Waals surface area (Å²) >= 11 is 0. The van der Waals surface area contributed by atoms with E-state index in [1.165, 1.54) is 27.3 Å². The van der Waals surface area contributed by atoms with Crippen molar-refractivity contribution >= 4 is 21.7 Å². The van der Waals surface area contributed by atoms with Crippen molar-refractivity contribution in [3.63, 3.8) is 0 Å². The molecule has 0 unspecified atom stereocenters. The fraction of sp³-hybridized carbons (Fsp3) is 0.143. The van der Waals surface area contributed by atoms with Crippen LogP contribution in [-0.4, -0.2) is 16.5 Å². The maximum absolute atomic E-state index is 5.01. The second-order valence-electron chi connectivity index (χ2n) is 6.24. The maximum atomic E-state index is 5.01.